The molecule has 0 fully saturated rings. The van der Waals surface area contributed by atoms with Crippen LogP contribution in [0.1, 0.15) is 4.88 Å². The summed E-state index contributed by atoms with van der Waals surface area (Å²) in [5.74, 6) is 0.173. The first kappa shape index (κ1) is 12.0. The molecule has 0 aromatic carbocycles. The van der Waals surface area contributed by atoms with Gasteiger partial charge in [-0.25, -0.2) is 8.42 Å². The van der Waals surface area contributed by atoms with Crippen molar-refractivity contribution in [3.8, 4) is 0 Å². The van der Waals surface area contributed by atoms with Crippen molar-refractivity contribution >= 4 is 32.8 Å². The molecule has 80 valence electrons. The highest BCUT2D eigenvalue weighted by atomic mass is 35.5. The van der Waals surface area contributed by atoms with Crippen molar-refractivity contribution in [1.29, 1.82) is 0 Å². The van der Waals surface area contributed by atoms with E-state index in [1.54, 1.807) is 0 Å². The molecule has 1 rings (SSSR count). The Bertz CT molecular complexity index is 386. The Morgan fingerprint density at radius 2 is 2.21 bits per heavy atom. The molecule has 0 aliphatic carbocycles. The molecule has 0 atom stereocenters. The molecule has 0 radical (unpaired) electrons. The molecular weight excluding hydrogens is 242 g/mol. The summed E-state index contributed by atoms with van der Waals surface area (Å²) in [6.45, 7) is 1.15. The first-order valence-corrected chi connectivity index (χ1v) is 7.35. The van der Waals surface area contributed by atoms with Crippen molar-refractivity contribution < 1.29 is 8.42 Å². The monoisotopic (exact) mass is 253 g/mol. The van der Waals surface area contributed by atoms with Gasteiger partial charge in [0.25, 0.3) is 0 Å². The van der Waals surface area contributed by atoms with Crippen LogP contribution in [-0.2, 0) is 16.4 Å². The molecule has 0 aliphatic rings. The molecule has 0 spiro atoms. The second kappa shape index (κ2) is 5.11. The third-order valence-electron chi connectivity index (χ3n) is 1.58. The average Bonchev–Trinajstić information content (AvgIpc) is 2.44. The van der Waals surface area contributed by atoms with E-state index < -0.39 is 9.84 Å². The van der Waals surface area contributed by atoms with Gasteiger partial charge in [0.15, 0.2) is 0 Å². The molecule has 14 heavy (non-hydrogen) atoms. The topological polar surface area (TPSA) is 46.2 Å². The molecule has 1 N–H and O–H groups in total. The minimum absolute atomic E-state index is 0.173. The van der Waals surface area contributed by atoms with E-state index in [1.807, 2.05) is 12.1 Å². The maximum absolute atomic E-state index is 10.8. The summed E-state index contributed by atoms with van der Waals surface area (Å²) >= 11 is 7.24. The van der Waals surface area contributed by atoms with Gasteiger partial charge in [-0.3, -0.25) is 0 Å². The zero-order valence-electron chi connectivity index (χ0n) is 7.79. The van der Waals surface area contributed by atoms with Crippen LogP contribution in [0.5, 0.6) is 0 Å². The van der Waals surface area contributed by atoms with Gasteiger partial charge in [0, 0.05) is 24.2 Å². The van der Waals surface area contributed by atoms with E-state index in [2.05, 4.69) is 5.32 Å². The molecule has 0 amide bonds. The lowest BCUT2D eigenvalue weighted by atomic mass is 10.4. The van der Waals surface area contributed by atoms with Crippen LogP contribution in [0.3, 0.4) is 0 Å². The van der Waals surface area contributed by atoms with E-state index >= 15 is 0 Å². The van der Waals surface area contributed by atoms with Crippen LogP contribution in [0.25, 0.3) is 0 Å². The van der Waals surface area contributed by atoms with E-state index in [9.17, 15) is 8.42 Å². The Balaban J connectivity index is 2.23. The van der Waals surface area contributed by atoms with Gasteiger partial charge >= 0.3 is 0 Å². The van der Waals surface area contributed by atoms with Crippen molar-refractivity contribution in [3.63, 3.8) is 0 Å². The van der Waals surface area contributed by atoms with Crippen molar-refractivity contribution in [2.24, 2.45) is 0 Å². The van der Waals surface area contributed by atoms with Crippen molar-refractivity contribution in [2.75, 3.05) is 18.6 Å². The van der Waals surface area contributed by atoms with Crippen LogP contribution in [0.2, 0.25) is 4.34 Å². The van der Waals surface area contributed by atoms with Crippen LogP contribution in [0.15, 0.2) is 12.1 Å². The van der Waals surface area contributed by atoms with Crippen molar-refractivity contribution in [1.82, 2.24) is 5.32 Å². The second-order valence-corrected chi connectivity index (χ2v) is 7.07. The third kappa shape index (κ3) is 4.95. The molecule has 6 heteroatoms. The minimum Gasteiger partial charge on any atom is -0.311 e. The molecule has 0 unspecified atom stereocenters. The lowest BCUT2D eigenvalue weighted by Gasteiger charge is -2.00. The van der Waals surface area contributed by atoms with Gasteiger partial charge < -0.3 is 5.32 Å². The molecule has 0 aliphatic heterocycles. The van der Waals surface area contributed by atoms with Crippen LogP contribution in [0.4, 0.5) is 0 Å². The SMILES string of the molecule is CS(=O)(=O)CCNCc1ccc(Cl)s1. The standard InChI is InChI=1S/C8H12ClNO2S2/c1-14(11,12)5-4-10-6-7-2-3-8(9)13-7/h2-3,10H,4-6H2,1H3. The number of halogens is 1. The first-order chi connectivity index (χ1) is 6.47. The van der Waals surface area contributed by atoms with Crippen LogP contribution in [0, 0.1) is 0 Å². The summed E-state index contributed by atoms with van der Waals surface area (Å²) in [6.07, 6.45) is 1.23. The summed E-state index contributed by atoms with van der Waals surface area (Å²) in [5.41, 5.74) is 0. The smallest absolute Gasteiger partial charge is 0.148 e. The van der Waals surface area contributed by atoms with Gasteiger partial charge in [-0.15, -0.1) is 11.3 Å². The largest absolute Gasteiger partial charge is 0.311 e. The van der Waals surface area contributed by atoms with Crippen molar-refractivity contribution in [2.45, 2.75) is 6.54 Å². The summed E-state index contributed by atoms with van der Waals surface area (Å²) in [5, 5.41) is 3.04. The van der Waals surface area contributed by atoms with E-state index in [-0.39, 0.29) is 5.75 Å². The summed E-state index contributed by atoms with van der Waals surface area (Å²) in [7, 11) is -2.86. The predicted molar refractivity (Wildman–Crippen MR) is 60.7 cm³/mol. The number of rotatable bonds is 5. The quantitative estimate of drug-likeness (QED) is 0.810. The third-order valence-corrected chi connectivity index (χ3v) is 3.75. The Kier molecular flexibility index (Phi) is 4.37. The molecule has 0 saturated carbocycles. The molecule has 0 bridgehead atoms. The lowest BCUT2D eigenvalue weighted by molar-refractivity contribution is 0.596. The van der Waals surface area contributed by atoms with Crippen molar-refractivity contribution in [3.05, 3.63) is 21.3 Å². The van der Waals surface area contributed by atoms with Crippen LogP contribution < -0.4 is 5.32 Å². The maximum Gasteiger partial charge on any atom is 0.148 e. The number of thiophene rings is 1. The van der Waals surface area contributed by atoms with Gasteiger partial charge in [-0.1, -0.05) is 11.6 Å². The first-order valence-electron chi connectivity index (χ1n) is 4.10. The normalized spacial score (nSPS) is 11.9. The fourth-order valence-electron chi connectivity index (χ4n) is 0.916. The second-order valence-electron chi connectivity index (χ2n) is 3.01. The summed E-state index contributed by atoms with van der Waals surface area (Å²) in [6, 6.07) is 3.76. The van der Waals surface area contributed by atoms with E-state index in [4.69, 9.17) is 11.6 Å². The number of hydrogen-bond donors (Lipinski definition) is 1. The highest BCUT2D eigenvalue weighted by molar-refractivity contribution is 7.90. The van der Waals surface area contributed by atoms with E-state index in [1.165, 1.54) is 17.6 Å². The molecule has 3 nitrogen and oxygen atoms in total. The molecular formula is C8H12ClNO2S2. The Labute approximate surface area is 93.0 Å². The van der Waals surface area contributed by atoms with Gasteiger partial charge in [0.05, 0.1) is 10.1 Å². The lowest BCUT2D eigenvalue weighted by Crippen LogP contribution is -2.21. The predicted octanol–water partition coefficient (Wildman–Crippen LogP) is 1.54. The van der Waals surface area contributed by atoms with E-state index in [0.29, 0.717) is 13.1 Å². The maximum atomic E-state index is 10.8. The average molecular weight is 254 g/mol. The Hall–Kier alpha value is -0.100. The van der Waals surface area contributed by atoms with Gasteiger partial charge in [0.2, 0.25) is 0 Å². The molecule has 1 aromatic rings. The van der Waals surface area contributed by atoms with Crippen LogP contribution >= 0.6 is 22.9 Å². The highest BCUT2D eigenvalue weighted by Gasteiger charge is 2.01. The number of nitrogens with one attached hydrogen (secondary N) is 1. The molecule has 1 heterocycles. The summed E-state index contributed by atoms with van der Waals surface area (Å²) < 4.78 is 22.3. The van der Waals surface area contributed by atoms with Gasteiger partial charge in [-0.05, 0) is 12.1 Å². The Morgan fingerprint density at radius 3 is 2.71 bits per heavy atom. The van der Waals surface area contributed by atoms with Crippen LogP contribution in [-0.4, -0.2) is 27.0 Å². The van der Waals surface area contributed by atoms with E-state index in [0.717, 1.165) is 9.21 Å². The van der Waals surface area contributed by atoms with Gasteiger partial charge in [0.1, 0.15) is 9.84 Å². The Morgan fingerprint density at radius 1 is 1.50 bits per heavy atom. The number of hydrogen-bond acceptors (Lipinski definition) is 4. The zero-order chi connectivity index (χ0) is 10.6. The highest BCUT2D eigenvalue weighted by Crippen LogP contribution is 2.20. The molecule has 0 saturated heterocycles. The zero-order valence-corrected chi connectivity index (χ0v) is 10.2. The summed E-state index contributed by atoms with van der Waals surface area (Å²) in [4.78, 5) is 1.11. The fourth-order valence-corrected chi connectivity index (χ4v) is 2.49. The molecule has 1 aromatic heterocycles. The minimum atomic E-state index is -2.86. The fraction of sp³-hybridized carbons (Fsp3) is 0.500. The number of sulfone groups is 1. The van der Waals surface area contributed by atoms with Gasteiger partial charge in [-0.2, -0.15) is 0 Å².